The summed E-state index contributed by atoms with van der Waals surface area (Å²) in [6, 6.07) is 1.05. The van der Waals surface area contributed by atoms with Gasteiger partial charge < -0.3 is 4.52 Å². The fourth-order valence-corrected chi connectivity index (χ4v) is 2.30. The van der Waals surface area contributed by atoms with Gasteiger partial charge >= 0.3 is 6.03 Å². The molecule has 0 unspecified atom stereocenters. The summed E-state index contributed by atoms with van der Waals surface area (Å²) in [5.74, 6) is 0.651. The molecule has 1 heterocycles. The predicted octanol–water partition coefficient (Wildman–Crippen LogP) is 2.61. The van der Waals surface area contributed by atoms with Crippen LogP contribution in [0.5, 0.6) is 0 Å². The molecular formula is C12H16ClN3O3. The van der Waals surface area contributed by atoms with Gasteiger partial charge in [0.05, 0.1) is 0 Å². The number of halogens is 1. The van der Waals surface area contributed by atoms with Crippen molar-refractivity contribution in [2.75, 3.05) is 11.2 Å². The summed E-state index contributed by atoms with van der Waals surface area (Å²) in [7, 11) is 0. The quantitative estimate of drug-likeness (QED) is 0.836. The molecule has 0 spiro atoms. The highest BCUT2D eigenvalue weighted by Gasteiger charge is 2.20. The molecule has 0 aromatic carbocycles. The van der Waals surface area contributed by atoms with Crippen LogP contribution in [0.1, 0.15) is 43.8 Å². The maximum Gasteiger partial charge on any atom is 0.327 e. The van der Waals surface area contributed by atoms with Crippen molar-refractivity contribution in [1.29, 1.82) is 0 Å². The van der Waals surface area contributed by atoms with Gasteiger partial charge in [-0.05, 0) is 12.8 Å². The molecule has 2 rings (SSSR count). The van der Waals surface area contributed by atoms with E-state index in [0.29, 0.717) is 11.7 Å². The third-order valence-corrected chi connectivity index (χ3v) is 3.39. The lowest BCUT2D eigenvalue weighted by Crippen LogP contribution is -2.35. The van der Waals surface area contributed by atoms with Crippen LogP contribution in [0.4, 0.5) is 10.6 Å². The molecular weight excluding hydrogens is 270 g/mol. The zero-order chi connectivity index (χ0) is 13.7. The third kappa shape index (κ3) is 3.96. The Balaban J connectivity index is 1.89. The van der Waals surface area contributed by atoms with E-state index in [1.807, 2.05) is 0 Å². The molecule has 1 aliphatic carbocycles. The lowest BCUT2D eigenvalue weighted by Gasteiger charge is -2.18. The number of hydrogen-bond donors (Lipinski definition) is 2. The van der Waals surface area contributed by atoms with Crippen LogP contribution in [0.2, 0.25) is 0 Å². The van der Waals surface area contributed by atoms with Crippen molar-refractivity contribution in [3.05, 3.63) is 11.8 Å². The van der Waals surface area contributed by atoms with Crippen LogP contribution in [0.15, 0.2) is 10.6 Å². The standard InChI is InChI=1S/C12H16ClN3O3/c13-7-11(17)15-12(18)14-10-6-9(19-16-10)8-4-2-1-3-5-8/h6,8H,1-5,7H2,(H2,14,15,16,17,18). The maximum absolute atomic E-state index is 11.4. The number of hydrogen-bond acceptors (Lipinski definition) is 4. The van der Waals surface area contributed by atoms with Gasteiger partial charge in [-0.3, -0.25) is 15.4 Å². The zero-order valence-corrected chi connectivity index (χ0v) is 11.2. The van der Waals surface area contributed by atoms with Crippen molar-refractivity contribution in [1.82, 2.24) is 10.5 Å². The summed E-state index contributed by atoms with van der Waals surface area (Å²) in [6.07, 6.45) is 5.83. The van der Waals surface area contributed by atoms with Gasteiger partial charge in [-0.1, -0.05) is 24.4 Å². The zero-order valence-electron chi connectivity index (χ0n) is 10.4. The first-order valence-electron chi connectivity index (χ1n) is 6.32. The summed E-state index contributed by atoms with van der Waals surface area (Å²) in [5, 5.41) is 8.27. The second-order valence-electron chi connectivity index (χ2n) is 4.59. The number of carbonyl (C=O) groups is 2. The molecule has 6 nitrogen and oxygen atoms in total. The largest absolute Gasteiger partial charge is 0.359 e. The Kier molecular flexibility index (Phi) is 4.79. The Morgan fingerprint density at radius 1 is 1.37 bits per heavy atom. The van der Waals surface area contributed by atoms with E-state index in [-0.39, 0.29) is 5.88 Å². The lowest BCUT2D eigenvalue weighted by molar-refractivity contribution is -0.117. The van der Waals surface area contributed by atoms with Crippen LogP contribution in [0, 0.1) is 0 Å². The van der Waals surface area contributed by atoms with Crippen LogP contribution in [0.25, 0.3) is 0 Å². The second-order valence-corrected chi connectivity index (χ2v) is 4.85. The molecule has 0 atom stereocenters. The molecule has 0 radical (unpaired) electrons. The minimum atomic E-state index is -0.658. The van der Waals surface area contributed by atoms with Gasteiger partial charge in [0, 0.05) is 12.0 Å². The van der Waals surface area contributed by atoms with E-state index in [0.717, 1.165) is 18.6 Å². The summed E-state index contributed by atoms with van der Waals surface area (Å²) in [4.78, 5) is 22.3. The smallest absolute Gasteiger partial charge is 0.327 e. The van der Waals surface area contributed by atoms with Crippen molar-refractivity contribution in [2.24, 2.45) is 0 Å². The topological polar surface area (TPSA) is 84.2 Å². The minimum absolute atomic E-state index is 0.264. The van der Waals surface area contributed by atoms with Crippen molar-refractivity contribution < 1.29 is 14.1 Å². The first-order valence-corrected chi connectivity index (χ1v) is 6.86. The van der Waals surface area contributed by atoms with Crippen molar-refractivity contribution in [3.63, 3.8) is 0 Å². The van der Waals surface area contributed by atoms with Gasteiger partial charge in [0.2, 0.25) is 5.91 Å². The highest BCUT2D eigenvalue weighted by molar-refractivity contribution is 6.28. The molecule has 2 N–H and O–H groups in total. The molecule has 1 aliphatic rings. The molecule has 7 heteroatoms. The monoisotopic (exact) mass is 285 g/mol. The molecule has 0 saturated heterocycles. The van der Waals surface area contributed by atoms with Gasteiger partial charge in [0.25, 0.3) is 0 Å². The van der Waals surface area contributed by atoms with Gasteiger partial charge in [-0.2, -0.15) is 0 Å². The number of amides is 3. The number of imide groups is 1. The maximum atomic E-state index is 11.4. The van der Waals surface area contributed by atoms with Crippen LogP contribution in [-0.4, -0.2) is 23.0 Å². The van der Waals surface area contributed by atoms with E-state index in [1.54, 1.807) is 6.07 Å². The normalized spacial score (nSPS) is 16.1. The average Bonchev–Trinajstić information content (AvgIpc) is 2.88. The van der Waals surface area contributed by atoms with Crippen LogP contribution >= 0.6 is 11.6 Å². The average molecular weight is 286 g/mol. The van der Waals surface area contributed by atoms with E-state index >= 15 is 0 Å². The van der Waals surface area contributed by atoms with Gasteiger partial charge in [0.1, 0.15) is 11.6 Å². The van der Waals surface area contributed by atoms with Gasteiger partial charge in [0.15, 0.2) is 5.82 Å². The van der Waals surface area contributed by atoms with E-state index in [1.165, 1.54) is 19.3 Å². The Morgan fingerprint density at radius 3 is 2.79 bits per heavy atom. The number of aromatic nitrogens is 1. The number of nitrogens with zero attached hydrogens (tertiary/aromatic N) is 1. The highest BCUT2D eigenvalue weighted by atomic mass is 35.5. The Morgan fingerprint density at radius 2 is 2.11 bits per heavy atom. The molecule has 1 aromatic heterocycles. The van der Waals surface area contributed by atoms with E-state index < -0.39 is 11.9 Å². The second kappa shape index (κ2) is 6.56. The Labute approximate surface area is 115 Å². The molecule has 0 bridgehead atoms. The Hall–Kier alpha value is -1.56. The number of alkyl halides is 1. The van der Waals surface area contributed by atoms with Gasteiger partial charge in [-0.15, -0.1) is 11.6 Å². The lowest BCUT2D eigenvalue weighted by atomic mass is 9.87. The SMILES string of the molecule is O=C(CCl)NC(=O)Nc1cc(C2CCCCC2)on1. The highest BCUT2D eigenvalue weighted by Crippen LogP contribution is 2.33. The fourth-order valence-electron chi connectivity index (χ4n) is 2.24. The minimum Gasteiger partial charge on any atom is -0.359 e. The number of nitrogens with one attached hydrogen (secondary N) is 2. The van der Waals surface area contributed by atoms with Crippen molar-refractivity contribution in [2.45, 2.75) is 38.0 Å². The number of carbonyl (C=O) groups excluding carboxylic acids is 2. The van der Waals surface area contributed by atoms with E-state index in [9.17, 15) is 9.59 Å². The fraction of sp³-hybridized carbons (Fsp3) is 0.583. The summed E-state index contributed by atoms with van der Waals surface area (Å²) < 4.78 is 5.23. The Bertz CT molecular complexity index is 455. The molecule has 1 fully saturated rings. The third-order valence-electron chi connectivity index (χ3n) is 3.15. The van der Waals surface area contributed by atoms with Crippen LogP contribution in [-0.2, 0) is 4.79 Å². The van der Waals surface area contributed by atoms with E-state index in [4.69, 9.17) is 16.1 Å². The number of rotatable bonds is 3. The number of anilines is 1. The van der Waals surface area contributed by atoms with Crippen LogP contribution in [0.3, 0.4) is 0 Å². The molecule has 0 aliphatic heterocycles. The summed E-state index contributed by atoms with van der Waals surface area (Å²) in [5.41, 5.74) is 0. The summed E-state index contributed by atoms with van der Waals surface area (Å²) in [6.45, 7) is 0. The molecule has 104 valence electrons. The van der Waals surface area contributed by atoms with Crippen LogP contribution < -0.4 is 10.6 Å². The number of urea groups is 1. The molecule has 3 amide bonds. The molecule has 19 heavy (non-hydrogen) atoms. The summed E-state index contributed by atoms with van der Waals surface area (Å²) >= 11 is 5.28. The first-order chi connectivity index (χ1) is 9.19. The van der Waals surface area contributed by atoms with Gasteiger partial charge in [-0.25, -0.2) is 4.79 Å². The van der Waals surface area contributed by atoms with Crippen molar-refractivity contribution in [3.8, 4) is 0 Å². The van der Waals surface area contributed by atoms with Crippen molar-refractivity contribution >= 4 is 29.4 Å². The predicted molar refractivity (Wildman–Crippen MR) is 70.2 cm³/mol. The first kappa shape index (κ1) is 13.9. The molecule has 1 aromatic rings. The van der Waals surface area contributed by atoms with E-state index in [2.05, 4.69) is 15.8 Å². The molecule has 1 saturated carbocycles.